The fraction of sp³-hybridized carbons (Fsp3) is 0.846. The maximum atomic E-state index is 11.9. The third kappa shape index (κ3) is 6.91. The van der Waals surface area contributed by atoms with Gasteiger partial charge in [-0.2, -0.15) is 0 Å². The van der Waals surface area contributed by atoms with Crippen molar-refractivity contribution in [1.82, 2.24) is 10.2 Å². The van der Waals surface area contributed by atoms with E-state index in [1.807, 2.05) is 25.8 Å². The quantitative estimate of drug-likeness (QED) is 0.656. The lowest BCUT2D eigenvalue weighted by atomic mass is 10.1. The number of hydrogen-bond donors (Lipinski definition) is 2. The van der Waals surface area contributed by atoms with Gasteiger partial charge in [0.1, 0.15) is 0 Å². The topological polar surface area (TPSA) is 58.4 Å². The van der Waals surface area contributed by atoms with Crippen LogP contribution in [0.25, 0.3) is 0 Å². The Morgan fingerprint density at radius 1 is 1.33 bits per heavy atom. The highest BCUT2D eigenvalue weighted by molar-refractivity contribution is 7.80. The van der Waals surface area contributed by atoms with E-state index in [1.165, 1.54) is 0 Å². The fourth-order valence-electron chi connectivity index (χ4n) is 1.51. The fourth-order valence-corrected chi connectivity index (χ4v) is 1.59. The number of amides is 1. The number of carbonyl (C=O) groups excluding carboxylic acids is 1. The number of nitrogens with one attached hydrogen (secondary N) is 1. The predicted molar refractivity (Wildman–Crippen MR) is 80.5 cm³/mol. The van der Waals surface area contributed by atoms with Crippen LogP contribution in [-0.4, -0.2) is 42.0 Å². The molecule has 0 bridgehead atoms. The number of hydrogen-bond acceptors (Lipinski definition) is 3. The molecule has 0 aromatic carbocycles. The Labute approximate surface area is 116 Å². The molecule has 0 radical (unpaired) electrons. The Morgan fingerprint density at radius 3 is 2.33 bits per heavy atom. The standard InChI is InChI=1S/C13H27N3OS/c1-9(2)6-7-15-13(17)11(4)16(5)8-10(3)12(14)18/h9-11H,6-8H2,1-5H3,(H2,14,18)(H,15,17). The zero-order valence-corrected chi connectivity index (χ0v) is 13.0. The van der Waals surface area contributed by atoms with E-state index in [0.717, 1.165) is 13.0 Å². The zero-order valence-electron chi connectivity index (χ0n) is 12.2. The molecule has 0 saturated heterocycles. The lowest BCUT2D eigenvalue weighted by Crippen LogP contribution is -2.46. The molecular formula is C13H27N3OS. The molecule has 5 heteroatoms. The smallest absolute Gasteiger partial charge is 0.237 e. The predicted octanol–water partition coefficient (Wildman–Crippen LogP) is 1.39. The molecule has 0 spiro atoms. The largest absolute Gasteiger partial charge is 0.393 e. The van der Waals surface area contributed by atoms with Crippen molar-refractivity contribution in [3.8, 4) is 0 Å². The van der Waals surface area contributed by atoms with Gasteiger partial charge < -0.3 is 11.1 Å². The summed E-state index contributed by atoms with van der Waals surface area (Å²) in [5.41, 5.74) is 5.58. The third-order valence-corrected chi connectivity index (χ3v) is 3.51. The Bertz CT molecular complexity index is 281. The summed E-state index contributed by atoms with van der Waals surface area (Å²) in [6, 6.07) is -0.158. The molecule has 0 fully saturated rings. The van der Waals surface area contributed by atoms with Crippen LogP contribution in [0.1, 0.15) is 34.1 Å². The van der Waals surface area contributed by atoms with Gasteiger partial charge in [-0.25, -0.2) is 0 Å². The van der Waals surface area contributed by atoms with Gasteiger partial charge in [-0.3, -0.25) is 9.69 Å². The molecule has 2 unspecified atom stereocenters. The van der Waals surface area contributed by atoms with E-state index < -0.39 is 0 Å². The van der Waals surface area contributed by atoms with Crippen molar-refractivity contribution in [3.63, 3.8) is 0 Å². The molecule has 3 N–H and O–H groups in total. The van der Waals surface area contributed by atoms with Crippen molar-refractivity contribution in [1.29, 1.82) is 0 Å². The van der Waals surface area contributed by atoms with E-state index in [-0.39, 0.29) is 17.9 Å². The molecule has 4 nitrogen and oxygen atoms in total. The number of carbonyl (C=O) groups is 1. The summed E-state index contributed by atoms with van der Waals surface area (Å²) in [6.45, 7) is 9.60. The second-order valence-corrected chi connectivity index (χ2v) is 5.86. The highest BCUT2D eigenvalue weighted by atomic mass is 32.1. The van der Waals surface area contributed by atoms with E-state index in [9.17, 15) is 4.79 Å². The number of rotatable bonds is 8. The third-order valence-electron chi connectivity index (χ3n) is 3.11. The first kappa shape index (κ1) is 17.3. The first-order valence-electron chi connectivity index (χ1n) is 6.53. The van der Waals surface area contributed by atoms with E-state index in [4.69, 9.17) is 18.0 Å². The van der Waals surface area contributed by atoms with Crippen molar-refractivity contribution in [2.24, 2.45) is 17.6 Å². The second-order valence-electron chi connectivity index (χ2n) is 5.39. The van der Waals surface area contributed by atoms with Gasteiger partial charge in [0, 0.05) is 19.0 Å². The van der Waals surface area contributed by atoms with Gasteiger partial charge in [-0.1, -0.05) is 33.0 Å². The van der Waals surface area contributed by atoms with Crippen LogP contribution in [0.4, 0.5) is 0 Å². The first-order valence-corrected chi connectivity index (χ1v) is 6.93. The molecule has 18 heavy (non-hydrogen) atoms. The van der Waals surface area contributed by atoms with Crippen molar-refractivity contribution >= 4 is 23.1 Å². The first-order chi connectivity index (χ1) is 8.25. The lowest BCUT2D eigenvalue weighted by Gasteiger charge is -2.26. The summed E-state index contributed by atoms with van der Waals surface area (Å²) >= 11 is 4.94. The van der Waals surface area contributed by atoms with Gasteiger partial charge in [0.05, 0.1) is 11.0 Å². The van der Waals surface area contributed by atoms with E-state index >= 15 is 0 Å². The Morgan fingerprint density at radius 2 is 1.89 bits per heavy atom. The lowest BCUT2D eigenvalue weighted by molar-refractivity contribution is -0.125. The molecule has 0 aliphatic rings. The summed E-state index contributed by atoms with van der Waals surface area (Å²) in [7, 11) is 1.92. The average Bonchev–Trinajstić information content (AvgIpc) is 2.26. The zero-order chi connectivity index (χ0) is 14.3. The van der Waals surface area contributed by atoms with Crippen LogP contribution in [0.5, 0.6) is 0 Å². The molecule has 0 aliphatic carbocycles. The average molecular weight is 273 g/mol. The van der Waals surface area contributed by atoms with Gasteiger partial charge in [-0.05, 0) is 26.3 Å². The minimum atomic E-state index is -0.158. The molecule has 2 atom stereocenters. The van der Waals surface area contributed by atoms with Crippen LogP contribution in [0, 0.1) is 11.8 Å². The molecule has 0 rings (SSSR count). The van der Waals surface area contributed by atoms with Crippen LogP contribution in [0.2, 0.25) is 0 Å². The van der Waals surface area contributed by atoms with Crippen LogP contribution in [-0.2, 0) is 4.79 Å². The van der Waals surface area contributed by atoms with E-state index in [2.05, 4.69) is 19.2 Å². The van der Waals surface area contributed by atoms with Gasteiger partial charge in [0.25, 0.3) is 0 Å². The van der Waals surface area contributed by atoms with Crippen LogP contribution in [0.15, 0.2) is 0 Å². The Hall–Kier alpha value is -0.680. The number of nitrogens with zero attached hydrogens (tertiary/aromatic N) is 1. The van der Waals surface area contributed by atoms with Gasteiger partial charge in [0.2, 0.25) is 5.91 Å². The second kappa shape index (κ2) is 8.43. The Kier molecular flexibility index (Phi) is 8.11. The van der Waals surface area contributed by atoms with Crippen LogP contribution in [0.3, 0.4) is 0 Å². The number of likely N-dealkylation sites (N-methyl/N-ethyl adjacent to an activating group) is 1. The summed E-state index contributed by atoms with van der Waals surface area (Å²) < 4.78 is 0. The van der Waals surface area contributed by atoms with Gasteiger partial charge >= 0.3 is 0 Å². The normalized spacial score (nSPS) is 14.6. The van der Waals surface area contributed by atoms with Crippen molar-refractivity contribution < 1.29 is 4.79 Å². The SMILES string of the molecule is CC(C)CCNC(=O)C(C)N(C)CC(C)C(N)=S. The minimum absolute atomic E-state index is 0.0632. The van der Waals surface area contributed by atoms with Crippen LogP contribution < -0.4 is 11.1 Å². The monoisotopic (exact) mass is 273 g/mol. The highest BCUT2D eigenvalue weighted by Gasteiger charge is 2.20. The molecule has 0 aromatic rings. The highest BCUT2D eigenvalue weighted by Crippen LogP contribution is 2.04. The maximum absolute atomic E-state index is 11.9. The van der Waals surface area contributed by atoms with Gasteiger partial charge in [-0.15, -0.1) is 0 Å². The van der Waals surface area contributed by atoms with E-state index in [0.29, 0.717) is 17.5 Å². The van der Waals surface area contributed by atoms with E-state index in [1.54, 1.807) is 0 Å². The summed E-state index contributed by atoms with van der Waals surface area (Å²) in [4.78, 5) is 14.4. The molecule has 1 amide bonds. The molecule has 0 heterocycles. The summed E-state index contributed by atoms with van der Waals surface area (Å²) in [6.07, 6.45) is 1.01. The Balaban J connectivity index is 4.08. The van der Waals surface area contributed by atoms with Gasteiger partial charge in [0.15, 0.2) is 0 Å². The van der Waals surface area contributed by atoms with Crippen LogP contribution >= 0.6 is 12.2 Å². The van der Waals surface area contributed by atoms with Crippen molar-refractivity contribution in [2.45, 2.75) is 40.2 Å². The molecule has 106 valence electrons. The number of thiocarbonyl (C=S) groups is 1. The van der Waals surface area contributed by atoms with Crippen molar-refractivity contribution in [3.05, 3.63) is 0 Å². The molecule has 0 saturated carbocycles. The maximum Gasteiger partial charge on any atom is 0.237 e. The molecule has 0 aliphatic heterocycles. The molecule has 0 aromatic heterocycles. The minimum Gasteiger partial charge on any atom is -0.393 e. The summed E-state index contributed by atoms with van der Waals surface area (Å²) in [5, 5.41) is 2.95. The molecular weight excluding hydrogens is 246 g/mol. The van der Waals surface area contributed by atoms with Crippen molar-refractivity contribution in [2.75, 3.05) is 20.1 Å². The summed E-state index contributed by atoms with van der Waals surface area (Å²) in [5.74, 6) is 0.789. The number of nitrogens with two attached hydrogens (primary N) is 1.